The molecular formula is C13H17N5O2S. The predicted molar refractivity (Wildman–Crippen MR) is 77.2 cm³/mol. The molecule has 1 aliphatic rings. The van der Waals surface area contributed by atoms with Gasteiger partial charge in [-0.2, -0.15) is 0 Å². The second kappa shape index (κ2) is 5.80. The summed E-state index contributed by atoms with van der Waals surface area (Å²) in [5.74, 6) is 0.186. The molecule has 0 bridgehead atoms. The van der Waals surface area contributed by atoms with Crippen LogP contribution in [-0.4, -0.2) is 28.6 Å². The third-order valence-electron chi connectivity index (χ3n) is 3.69. The molecule has 0 amide bonds. The van der Waals surface area contributed by atoms with E-state index in [1.807, 2.05) is 0 Å². The maximum absolute atomic E-state index is 12.3. The number of anilines is 1. The van der Waals surface area contributed by atoms with E-state index >= 15 is 0 Å². The fourth-order valence-corrected chi connectivity index (χ4v) is 3.62. The highest BCUT2D eigenvalue weighted by Gasteiger charge is 2.23. The summed E-state index contributed by atoms with van der Waals surface area (Å²) < 4.78 is 28.7. The van der Waals surface area contributed by atoms with E-state index in [1.165, 1.54) is 18.6 Å². The maximum atomic E-state index is 12.3. The smallest absolute Gasteiger partial charge is 0.246 e. The molecule has 0 saturated heterocycles. The minimum Gasteiger partial charge on any atom is -0.246 e. The Labute approximate surface area is 123 Å². The van der Waals surface area contributed by atoms with Crippen molar-refractivity contribution in [3.8, 4) is 0 Å². The lowest BCUT2D eigenvalue weighted by atomic mass is 9.96. The number of rotatable bonds is 4. The van der Waals surface area contributed by atoms with E-state index in [4.69, 9.17) is 0 Å². The zero-order valence-corrected chi connectivity index (χ0v) is 12.3. The number of nitrogens with zero attached hydrogens (tertiary/aromatic N) is 4. The lowest BCUT2D eigenvalue weighted by Crippen LogP contribution is -2.21. The standard InChI is InChI=1S/C13H17N5O2S/c19-21(20,12-9-5-2-6-10-12)15-13-14-16-17-18(13)11-7-3-1-4-8-11/h2,5-6,9-11H,1,3-4,7-8H2,(H,14,15,17). The van der Waals surface area contributed by atoms with E-state index in [1.54, 1.807) is 22.9 Å². The molecule has 1 aromatic carbocycles. The van der Waals surface area contributed by atoms with Gasteiger partial charge in [-0.15, -0.1) is 0 Å². The normalized spacial score (nSPS) is 16.8. The Kier molecular flexibility index (Phi) is 3.87. The summed E-state index contributed by atoms with van der Waals surface area (Å²) in [6, 6.07) is 8.37. The largest absolute Gasteiger partial charge is 0.264 e. The van der Waals surface area contributed by atoms with Gasteiger partial charge in [-0.25, -0.2) is 17.8 Å². The van der Waals surface area contributed by atoms with Crippen LogP contribution in [0.2, 0.25) is 0 Å². The molecule has 0 radical (unpaired) electrons. The average Bonchev–Trinajstić information content (AvgIpc) is 2.96. The van der Waals surface area contributed by atoms with Gasteiger partial charge in [0.25, 0.3) is 16.0 Å². The van der Waals surface area contributed by atoms with Gasteiger partial charge in [0.15, 0.2) is 0 Å². The molecular weight excluding hydrogens is 290 g/mol. The van der Waals surface area contributed by atoms with Crippen molar-refractivity contribution in [2.24, 2.45) is 0 Å². The van der Waals surface area contributed by atoms with E-state index < -0.39 is 10.0 Å². The van der Waals surface area contributed by atoms with Crippen molar-refractivity contribution in [2.75, 3.05) is 4.72 Å². The summed E-state index contributed by atoms with van der Waals surface area (Å²) in [4.78, 5) is 0.197. The van der Waals surface area contributed by atoms with E-state index in [2.05, 4.69) is 20.2 Å². The Balaban J connectivity index is 1.84. The highest BCUT2D eigenvalue weighted by molar-refractivity contribution is 7.92. The van der Waals surface area contributed by atoms with Gasteiger partial charge in [0.05, 0.1) is 10.9 Å². The van der Waals surface area contributed by atoms with Gasteiger partial charge in [0, 0.05) is 0 Å². The molecule has 1 aromatic heterocycles. The summed E-state index contributed by atoms with van der Waals surface area (Å²) in [7, 11) is -3.66. The minimum atomic E-state index is -3.66. The van der Waals surface area contributed by atoms with Crippen molar-refractivity contribution >= 4 is 16.0 Å². The average molecular weight is 307 g/mol. The van der Waals surface area contributed by atoms with Crippen LogP contribution in [-0.2, 0) is 10.0 Å². The van der Waals surface area contributed by atoms with Crippen LogP contribution in [0.4, 0.5) is 5.95 Å². The lowest BCUT2D eigenvalue weighted by Gasteiger charge is -2.22. The Morgan fingerprint density at radius 1 is 1.10 bits per heavy atom. The predicted octanol–water partition coefficient (Wildman–Crippen LogP) is 1.98. The third-order valence-corrected chi connectivity index (χ3v) is 5.04. The summed E-state index contributed by atoms with van der Waals surface area (Å²) in [6.07, 6.45) is 5.41. The molecule has 0 aliphatic heterocycles. The van der Waals surface area contributed by atoms with Crippen LogP contribution < -0.4 is 4.72 Å². The number of tetrazole rings is 1. The third kappa shape index (κ3) is 3.05. The number of sulfonamides is 1. The van der Waals surface area contributed by atoms with Crippen molar-refractivity contribution in [3.63, 3.8) is 0 Å². The van der Waals surface area contributed by atoms with Gasteiger partial charge in [0.1, 0.15) is 0 Å². The van der Waals surface area contributed by atoms with Gasteiger partial charge >= 0.3 is 0 Å². The molecule has 7 nitrogen and oxygen atoms in total. The van der Waals surface area contributed by atoms with E-state index in [9.17, 15) is 8.42 Å². The Hall–Kier alpha value is -1.96. The van der Waals surface area contributed by atoms with Gasteiger partial charge < -0.3 is 0 Å². The van der Waals surface area contributed by atoms with Crippen LogP contribution >= 0.6 is 0 Å². The second-order valence-electron chi connectivity index (χ2n) is 5.16. The topological polar surface area (TPSA) is 89.8 Å². The van der Waals surface area contributed by atoms with Crippen molar-refractivity contribution < 1.29 is 8.42 Å². The molecule has 112 valence electrons. The number of benzene rings is 1. The van der Waals surface area contributed by atoms with Crippen molar-refractivity contribution in [1.29, 1.82) is 0 Å². The van der Waals surface area contributed by atoms with E-state index in [0.717, 1.165) is 25.7 Å². The summed E-state index contributed by atoms with van der Waals surface area (Å²) in [5, 5.41) is 11.4. The molecule has 0 atom stereocenters. The first-order valence-corrected chi connectivity index (χ1v) is 8.51. The molecule has 0 unspecified atom stereocenters. The van der Waals surface area contributed by atoms with Gasteiger partial charge in [-0.1, -0.05) is 42.6 Å². The van der Waals surface area contributed by atoms with Crippen molar-refractivity contribution in [3.05, 3.63) is 30.3 Å². The number of hydrogen-bond donors (Lipinski definition) is 1. The van der Waals surface area contributed by atoms with Gasteiger partial charge in [0.2, 0.25) is 0 Å². The lowest BCUT2D eigenvalue weighted by molar-refractivity contribution is 0.327. The van der Waals surface area contributed by atoms with Crippen molar-refractivity contribution in [2.45, 2.75) is 43.0 Å². The minimum absolute atomic E-state index is 0.169. The first-order chi connectivity index (χ1) is 10.2. The summed E-state index contributed by atoms with van der Waals surface area (Å²) in [6.45, 7) is 0. The van der Waals surface area contributed by atoms with Crippen LogP contribution in [0.3, 0.4) is 0 Å². The highest BCUT2D eigenvalue weighted by Crippen LogP contribution is 2.29. The SMILES string of the molecule is O=S(=O)(Nc1nnnn1C1CCCCC1)c1ccccc1. The van der Waals surface area contributed by atoms with Crippen LogP contribution in [0.1, 0.15) is 38.1 Å². The number of hydrogen-bond acceptors (Lipinski definition) is 5. The molecule has 1 aliphatic carbocycles. The molecule has 1 heterocycles. The van der Waals surface area contributed by atoms with Gasteiger partial charge in [-0.3, -0.25) is 0 Å². The molecule has 21 heavy (non-hydrogen) atoms. The quantitative estimate of drug-likeness (QED) is 0.932. The Morgan fingerprint density at radius 3 is 2.52 bits per heavy atom. The fourth-order valence-electron chi connectivity index (χ4n) is 2.61. The maximum Gasteiger partial charge on any atom is 0.264 e. The first-order valence-electron chi connectivity index (χ1n) is 7.02. The molecule has 0 spiro atoms. The monoisotopic (exact) mass is 307 g/mol. The molecule has 3 rings (SSSR count). The van der Waals surface area contributed by atoms with Crippen LogP contribution in [0.25, 0.3) is 0 Å². The summed E-state index contributed by atoms with van der Waals surface area (Å²) >= 11 is 0. The van der Waals surface area contributed by atoms with E-state index in [-0.39, 0.29) is 16.9 Å². The zero-order valence-electron chi connectivity index (χ0n) is 11.5. The molecule has 1 fully saturated rings. The first kappa shape index (κ1) is 14.0. The molecule has 8 heteroatoms. The second-order valence-corrected chi connectivity index (χ2v) is 6.84. The fraction of sp³-hybridized carbons (Fsp3) is 0.462. The van der Waals surface area contributed by atoms with Crippen molar-refractivity contribution in [1.82, 2.24) is 20.2 Å². The number of nitrogens with one attached hydrogen (secondary N) is 1. The molecule has 2 aromatic rings. The Morgan fingerprint density at radius 2 is 1.81 bits per heavy atom. The summed E-state index contributed by atoms with van der Waals surface area (Å²) in [5.41, 5.74) is 0. The van der Waals surface area contributed by atoms with Crippen LogP contribution in [0, 0.1) is 0 Å². The number of aromatic nitrogens is 4. The Bertz CT molecular complexity index is 692. The zero-order chi connectivity index (χ0) is 14.7. The van der Waals surface area contributed by atoms with Gasteiger partial charge in [-0.05, 0) is 35.4 Å². The van der Waals surface area contributed by atoms with Crippen LogP contribution in [0.15, 0.2) is 35.2 Å². The van der Waals surface area contributed by atoms with Crippen LogP contribution in [0.5, 0.6) is 0 Å². The highest BCUT2D eigenvalue weighted by atomic mass is 32.2. The molecule has 1 N–H and O–H groups in total. The van der Waals surface area contributed by atoms with E-state index in [0.29, 0.717) is 0 Å². The molecule has 1 saturated carbocycles.